The Labute approximate surface area is 660 Å². The van der Waals surface area contributed by atoms with Crippen LogP contribution in [-0.2, 0) is 105 Å². The third-order valence-electron chi connectivity index (χ3n) is 18.1. The Kier molecular flexibility index (Phi) is 69.8. The number of ether oxygens (including phenoxy) is 8. The third-order valence-corrected chi connectivity index (χ3v) is 18.1. The molecule has 4 atom stereocenters. The molecule has 0 unspecified atom stereocenters. The van der Waals surface area contributed by atoms with Crippen LogP contribution in [0.5, 0.6) is 0 Å². The van der Waals surface area contributed by atoms with Crippen molar-refractivity contribution in [2.24, 2.45) is 17.8 Å². The molecule has 6 amide bonds. The Bertz CT molecular complexity index is 2580. The molecule has 0 aliphatic carbocycles. The molecular formula is C79H142N6O26. The summed E-state index contributed by atoms with van der Waals surface area (Å²) in [6.45, 7) is 6.11. The highest BCUT2D eigenvalue weighted by atomic mass is 16.5. The molecule has 0 fully saturated rings. The second-order valence-electron chi connectivity index (χ2n) is 28.1. The lowest BCUT2D eigenvalue weighted by Crippen LogP contribution is -2.43. The highest BCUT2D eigenvalue weighted by Gasteiger charge is 2.25. The van der Waals surface area contributed by atoms with Gasteiger partial charge in [-0.05, 0) is 77.6 Å². The van der Waals surface area contributed by atoms with Crippen molar-refractivity contribution in [3.63, 3.8) is 0 Å². The van der Waals surface area contributed by atoms with Gasteiger partial charge in [-0.3, -0.25) is 62.3 Å². The first-order chi connectivity index (χ1) is 53.5. The van der Waals surface area contributed by atoms with Gasteiger partial charge in [0.05, 0.1) is 78.6 Å². The summed E-state index contributed by atoms with van der Waals surface area (Å²) in [6, 6.07) is -1.33. The molecule has 0 bridgehead atoms. The number of carboxylic acids is 4. The van der Waals surface area contributed by atoms with Crippen molar-refractivity contribution in [2.75, 3.05) is 138 Å². The van der Waals surface area contributed by atoms with Gasteiger partial charge in [0, 0.05) is 112 Å². The van der Waals surface area contributed by atoms with Crippen LogP contribution < -0.4 is 31.9 Å². The second kappa shape index (κ2) is 74.5. The molecule has 32 nitrogen and oxygen atoms in total. The molecule has 0 aliphatic rings. The smallest absolute Gasteiger partial charge is 0.326 e. The van der Waals surface area contributed by atoms with Crippen LogP contribution in [0.3, 0.4) is 0 Å². The van der Waals surface area contributed by atoms with Gasteiger partial charge >= 0.3 is 23.9 Å². The van der Waals surface area contributed by atoms with Gasteiger partial charge in [-0.25, -0.2) is 4.79 Å². The lowest BCUT2D eigenvalue weighted by atomic mass is 9.87. The largest absolute Gasteiger partial charge is 0.481 e. The first-order valence-electron chi connectivity index (χ1n) is 40.7. The Hall–Kier alpha value is -6.94. The van der Waals surface area contributed by atoms with Gasteiger partial charge < -0.3 is 90.2 Å². The first-order valence-corrected chi connectivity index (χ1v) is 40.7. The first kappa shape index (κ1) is 104. The number of hydrogen-bond donors (Lipinski definition) is 10. The van der Waals surface area contributed by atoms with Crippen molar-refractivity contribution in [2.45, 2.75) is 264 Å². The number of rotatable bonds is 84. The van der Waals surface area contributed by atoms with Crippen LogP contribution in [-0.4, -0.2) is 247 Å². The van der Waals surface area contributed by atoms with Gasteiger partial charge in [0.2, 0.25) is 35.4 Å². The topological polar surface area (TPSA) is 466 Å². The standard InChI is InChI=1S/C79H138N6O26.2H2/c1-62(28-23-25-39-81-73(93)38-36-68(79(102)103)85-75(95)61-111-54-48-104-44-27-30-66(87)58-108-52-49-105-45-41-82-70(90)31-19-15-11-7-3-5-9-13-17-21-33-76(96)97)69(89)57-64(63(2)86)29-24-26-40-80-72(92)37-35-65(78(100)101)56-67(88)59-109-53-50-107-47-43-84-74(94)60-110-55-51-106-46-42-83-71(91)32-20-16-12-8-4-6-10-14-18-22-34-77(98)99;;/h62,64-65,68H,3-61H2,1-2H3,(H,80,92)(H,81,93)(H,82,90)(H,83,91)(H,84,94)(H,85,95)(H,96,97)(H,98,99)(H,100,101)(H,102,103);2*1H/t62-,64+,65+,68-;;/m0../s1. The molecule has 0 aromatic rings. The van der Waals surface area contributed by atoms with Crippen LogP contribution in [0.25, 0.3) is 0 Å². The van der Waals surface area contributed by atoms with E-state index in [0.717, 1.165) is 128 Å². The Morgan fingerprint density at radius 1 is 0.288 bits per heavy atom. The summed E-state index contributed by atoms with van der Waals surface area (Å²) in [5.41, 5.74) is 0. The number of hydrogen-bond acceptors (Lipinski definition) is 22. The molecule has 0 saturated heterocycles. The number of ketones is 4. The number of carbonyl (C=O) groups is 14. The maximum Gasteiger partial charge on any atom is 0.326 e. The number of Topliss-reactive ketones (excluding diaryl/α,β-unsaturated/α-hetero) is 4. The summed E-state index contributed by atoms with van der Waals surface area (Å²) < 4.78 is 43.1. The minimum absolute atomic E-state index is 0. The maximum atomic E-state index is 13.1. The van der Waals surface area contributed by atoms with Gasteiger partial charge in [-0.1, -0.05) is 122 Å². The highest BCUT2D eigenvalue weighted by molar-refractivity contribution is 5.88. The van der Waals surface area contributed by atoms with Crippen LogP contribution in [0.1, 0.15) is 261 Å². The van der Waals surface area contributed by atoms with E-state index >= 15 is 0 Å². The van der Waals surface area contributed by atoms with Gasteiger partial charge in [-0.15, -0.1) is 0 Å². The Morgan fingerprint density at radius 3 is 1.08 bits per heavy atom. The molecule has 0 heterocycles. The Morgan fingerprint density at radius 2 is 0.649 bits per heavy atom. The van der Waals surface area contributed by atoms with Gasteiger partial charge in [0.1, 0.15) is 44.0 Å². The summed E-state index contributed by atoms with van der Waals surface area (Å²) in [5, 5.41) is 52.9. The van der Waals surface area contributed by atoms with Crippen molar-refractivity contribution in [3.05, 3.63) is 0 Å². The fraction of sp³-hybridized carbons (Fsp3) is 0.823. The lowest BCUT2D eigenvalue weighted by molar-refractivity contribution is -0.145. The predicted octanol–water partition coefficient (Wildman–Crippen LogP) is 8.00. The van der Waals surface area contributed by atoms with Crippen molar-refractivity contribution in [1.29, 1.82) is 0 Å². The summed E-state index contributed by atoms with van der Waals surface area (Å²) in [5.74, 6) is -8.56. The monoisotopic (exact) mass is 1590 g/mol. The van der Waals surface area contributed by atoms with Crippen LogP contribution in [0.2, 0.25) is 0 Å². The molecule has 32 heteroatoms. The van der Waals surface area contributed by atoms with E-state index in [2.05, 4.69) is 31.9 Å². The summed E-state index contributed by atoms with van der Waals surface area (Å²) >= 11 is 0. The number of carbonyl (C=O) groups excluding carboxylic acids is 10. The summed E-state index contributed by atoms with van der Waals surface area (Å²) in [6.07, 6.45) is 25.1. The molecule has 0 aromatic carbocycles. The second-order valence-corrected chi connectivity index (χ2v) is 28.1. The Balaban J connectivity index is -0.0000605. The molecule has 10 N–H and O–H groups in total. The van der Waals surface area contributed by atoms with E-state index in [0.29, 0.717) is 84.1 Å². The number of carboxylic acid groups (broad SMARTS) is 4. The molecule has 644 valence electrons. The average molecular weight is 1590 g/mol. The van der Waals surface area contributed by atoms with E-state index in [1.165, 1.54) is 6.92 Å². The fourth-order valence-corrected chi connectivity index (χ4v) is 11.5. The molecular weight excluding hydrogens is 1450 g/mol. The summed E-state index contributed by atoms with van der Waals surface area (Å²) in [4.78, 5) is 169. The number of nitrogens with one attached hydrogen (secondary N) is 6. The van der Waals surface area contributed by atoms with Crippen LogP contribution in [0.15, 0.2) is 0 Å². The molecule has 0 spiro atoms. The minimum atomic E-state index is -1.33. The van der Waals surface area contributed by atoms with E-state index in [9.17, 15) is 77.3 Å². The molecule has 111 heavy (non-hydrogen) atoms. The molecule has 0 aromatic heterocycles. The molecule has 0 aliphatic heterocycles. The summed E-state index contributed by atoms with van der Waals surface area (Å²) in [7, 11) is 0. The van der Waals surface area contributed by atoms with Crippen LogP contribution >= 0.6 is 0 Å². The van der Waals surface area contributed by atoms with E-state index in [4.69, 9.17) is 48.1 Å². The van der Waals surface area contributed by atoms with Crippen LogP contribution in [0, 0.1) is 17.8 Å². The number of unbranched alkanes of at least 4 members (excludes halogenated alkanes) is 20. The average Bonchev–Trinajstić information content (AvgIpc) is 0.915. The van der Waals surface area contributed by atoms with Gasteiger partial charge in [0.25, 0.3) is 0 Å². The predicted molar refractivity (Wildman–Crippen MR) is 416 cm³/mol. The van der Waals surface area contributed by atoms with E-state index in [-0.39, 0.29) is 207 Å². The SMILES string of the molecule is CC(=O)[C@H](CCCCNC(=O)CC[C@H](CC(=O)COCCOCCNC(=O)COCCOCCNC(=O)CCCCCCCCCCCCC(=O)O)C(=O)O)CC(=O)[C@@H](C)CCCCNC(=O)CC[C@H](NC(=O)COCCOCCCC(=O)COCCOCCNC(=O)CCCCCCCCCCCCC(=O)O)C(=O)O.[HH].[HH]. The van der Waals surface area contributed by atoms with E-state index in [1.54, 1.807) is 6.92 Å². The van der Waals surface area contributed by atoms with Gasteiger partial charge in [-0.2, -0.15) is 0 Å². The zero-order valence-corrected chi connectivity index (χ0v) is 66.8. The lowest BCUT2D eigenvalue weighted by Gasteiger charge is -2.17. The van der Waals surface area contributed by atoms with Crippen molar-refractivity contribution in [1.82, 2.24) is 31.9 Å². The normalized spacial score (nSPS) is 12.3. The number of aliphatic carboxylic acids is 4. The number of amides is 6. The molecule has 0 radical (unpaired) electrons. The fourth-order valence-electron chi connectivity index (χ4n) is 11.5. The maximum absolute atomic E-state index is 13.1. The van der Waals surface area contributed by atoms with E-state index in [1.807, 2.05) is 0 Å². The van der Waals surface area contributed by atoms with Crippen molar-refractivity contribution in [3.8, 4) is 0 Å². The van der Waals surface area contributed by atoms with Gasteiger partial charge in [0.15, 0.2) is 11.6 Å². The van der Waals surface area contributed by atoms with E-state index < -0.39 is 71.9 Å². The van der Waals surface area contributed by atoms with Crippen LogP contribution in [0.4, 0.5) is 0 Å². The zero-order chi connectivity index (χ0) is 82.0. The quantitative estimate of drug-likeness (QED) is 0.0258. The third kappa shape index (κ3) is 71.8. The van der Waals surface area contributed by atoms with Crippen molar-refractivity contribution >= 4 is 82.5 Å². The van der Waals surface area contributed by atoms with Crippen molar-refractivity contribution < 1.29 is 128 Å². The molecule has 0 saturated carbocycles. The highest BCUT2D eigenvalue weighted by Crippen LogP contribution is 2.21. The molecule has 0 rings (SSSR count). The zero-order valence-electron chi connectivity index (χ0n) is 66.8. The minimum Gasteiger partial charge on any atom is -0.481 e.